The van der Waals surface area contributed by atoms with Crippen LogP contribution in [-0.2, 0) is 17.6 Å². The Labute approximate surface area is 178 Å². The number of amides is 1. The molecular weight excluding hydrogens is 411 g/mol. The fourth-order valence-electron chi connectivity index (χ4n) is 4.01. The van der Waals surface area contributed by atoms with Gasteiger partial charge in [0, 0.05) is 12.0 Å². The first-order valence-electron chi connectivity index (χ1n) is 10.2. The highest BCUT2D eigenvalue weighted by Gasteiger charge is 2.54. The SMILES string of the molecule is O=C(COc1ccc(CO)cc1)N1CCC2(CC2)[C@H](Oc2ccccc2C(F)(F)F)C1. The number of likely N-dealkylation sites (tertiary alicyclic amines) is 1. The number of para-hydroxylation sites is 1. The summed E-state index contributed by atoms with van der Waals surface area (Å²) in [6.45, 7) is 0.523. The van der Waals surface area contributed by atoms with Crippen LogP contribution in [0.15, 0.2) is 48.5 Å². The predicted octanol–water partition coefficient (Wildman–Crippen LogP) is 4.04. The third kappa shape index (κ3) is 4.79. The first kappa shape index (κ1) is 21.5. The molecule has 2 aromatic carbocycles. The molecule has 1 aliphatic heterocycles. The molecule has 0 bridgehead atoms. The van der Waals surface area contributed by atoms with Crippen LogP contribution in [-0.4, -0.2) is 41.7 Å². The number of aliphatic hydroxyl groups excluding tert-OH is 1. The molecule has 1 heterocycles. The summed E-state index contributed by atoms with van der Waals surface area (Å²) in [5, 5.41) is 9.08. The molecular formula is C23H24F3NO4. The summed E-state index contributed by atoms with van der Waals surface area (Å²) in [5.41, 5.74) is -0.219. The molecule has 166 valence electrons. The summed E-state index contributed by atoms with van der Waals surface area (Å²) < 4.78 is 51.5. The molecule has 2 fully saturated rings. The molecule has 8 heteroatoms. The fourth-order valence-corrected chi connectivity index (χ4v) is 4.01. The number of hydrogen-bond donors (Lipinski definition) is 1. The van der Waals surface area contributed by atoms with Crippen LogP contribution in [0.4, 0.5) is 13.2 Å². The highest BCUT2D eigenvalue weighted by Crippen LogP contribution is 2.55. The molecule has 2 aliphatic rings. The number of alkyl halides is 3. The van der Waals surface area contributed by atoms with Gasteiger partial charge in [0.15, 0.2) is 6.61 Å². The summed E-state index contributed by atoms with van der Waals surface area (Å²) in [4.78, 5) is 14.3. The third-order valence-electron chi connectivity index (χ3n) is 6.12. The summed E-state index contributed by atoms with van der Waals surface area (Å²) >= 11 is 0. The van der Waals surface area contributed by atoms with Gasteiger partial charge in [0.1, 0.15) is 17.6 Å². The standard InChI is InChI=1S/C23H24F3NO4/c24-23(25,26)18-3-1-2-4-19(18)31-20-13-27(12-11-22(20)9-10-22)21(29)15-30-17-7-5-16(14-28)6-8-17/h1-8,20,28H,9-15H2/t20-/m1/s1. The largest absolute Gasteiger partial charge is 0.487 e. The van der Waals surface area contributed by atoms with E-state index in [0.717, 1.165) is 24.5 Å². The average molecular weight is 435 g/mol. The summed E-state index contributed by atoms with van der Waals surface area (Å²) in [5.74, 6) is 0.0772. The Hall–Kier alpha value is -2.74. The topological polar surface area (TPSA) is 59.0 Å². The molecule has 31 heavy (non-hydrogen) atoms. The smallest absolute Gasteiger partial charge is 0.419 e. The van der Waals surface area contributed by atoms with Crippen LogP contribution in [0.1, 0.15) is 30.4 Å². The number of halogens is 3. The van der Waals surface area contributed by atoms with Gasteiger partial charge in [-0.25, -0.2) is 0 Å². The molecule has 5 nitrogen and oxygen atoms in total. The lowest BCUT2D eigenvalue weighted by atomic mass is 9.90. The lowest BCUT2D eigenvalue weighted by Gasteiger charge is -2.39. The maximum Gasteiger partial charge on any atom is 0.419 e. The van der Waals surface area contributed by atoms with Crippen LogP contribution in [0.25, 0.3) is 0 Å². The average Bonchev–Trinajstić information content (AvgIpc) is 3.54. The van der Waals surface area contributed by atoms with Crippen molar-refractivity contribution in [3.05, 3.63) is 59.7 Å². The number of nitrogens with zero attached hydrogens (tertiary/aromatic N) is 1. The van der Waals surface area contributed by atoms with Gasteiger partial charge in [0.25, 0.3) is 5.91 Å². The summed E-state index contributed by atoms with van der Waals surface area (Å²) in [6.07, 6.45) is -2.51. The first-order valence-corrected chi connectivity index (χ1v) is 10.2. The van der Waals surface area contributed by atoms with Crippen LogP contribution in [0.5, 0.6) is 11.5 Å². The number of ether oxygens (including phenoxy) is 2. The Bertz CT molecular complexity index is 925. The summed E-state index contributed by atoms with van der Waals surface area (Å²) in [7, 11) is 0. The Morgan fingerprint density at radius 2 is 1.81 bits per heavy atom. The van der Waals surface area contributed by atoms with Gasteiger partial charge in [-0.3, -0.25) is 4.79 Å². The number of piperidine rings is 1. The number of carbonyl (C=O) groups excluding carboxylic acids is 1. The van der Waals surface area contributed by atoms with E-state index in [9.17, 15) is 18.0 Å². The number of aliphatic hydroxyl groups is 1. The number of carbonyl (C=O) groups is 1. The van der Waals surface area contributed by atoms with E-state index in [4.69, 9.17) is 14.6 Å². The zero-order valence-electron chi connectivity index (χ0n) is 16.9. The van der Waals surface area contributed by atoms with Crippen molar-refractivity contribution in [1.82, 2.24) is 4.90 Å². The van der Waals surface area contributed by atoms with Gasteiger partial charge in [-0.2, -0.15) is 13.2 Å². The monoisotopic (exact) mass is 435 g/mol. The second-order valence-electron chi connectivity index (χ2n) is 8.14. The molecule has 0 aromatic heterocycles. The highest BCUT2D eigenvalue weighted by atomic mass is 19.4. The molecule has 2 aromatic rings. The Balaban J connectivity index is 1.41. The minimum atomic E-state index is -4.50. The van der Waals surface area contributed by atoms with Crippen LogP contribution >= 0.6 is 0 Å². The van der Waals surface area contributed by atoms with E-state index in [1.807, 2.05) is 0 Å². The lowest BCUT2D eigenvalue weighted by molar-refractivity contribution is -0.142. The van der Waals surface area contributed by atoms with E-state index in [2.05, 4.69) is 0 Å². The van der Waals surface area contributed by atoms with Gasteiger partial charge >= 0.3 is 6.18 Å². The van der Waals surface area contributed by atoms with Crippen molar-refractivity contribution in [3.8, 4) is 11.5 Å². The van der Waals surface area contributed by atoms with E-state index < -0.39 is 17.8 Å². The van der Waals surface area contributed by atoms with Gasteiger partial charge in [-0.1, -0.05) is 24.3 Å². The van der Waals surface area contributed by atoms with Crippen LogP contribution in [0.3, 0.4) is 0 Å². The second kappa shape index (κ2) is 8.42. The van der Waals surface area contributed by atoms with Gasteiger partial charge in [0.2, 0.25) is 0 Å². The predicted molar refractivity (Wildman–Crippen MR) is 107 cm³/mol. The number of rotatable bonds is 6. The molecule has 0 radical (unpaired) electrons. The normalized spacial score (nSPS) is 19.9. The Morgan fingerprint density at radius 1 is 1.10 bits per heavy atom. The summed E-state index contributed by atoms with van der Waals surface area (Å²) in [6, 6.07) is 12.0. The zero-order chi connectivity index (χ0) is 22.1. The van der Waals surface area contributed by atoms with E-state index in [1.165, 1.54) is 18.2 Å². The molecule has 1 amide bonds. The van der Waals surface area contributed by atoms with Crippen LogP contribution in [0.2, 0.25) is 0 Å². The van der Waals surface area contributed by atoms with Gasteiger partial charge < -0.3 is 19.5 Å². The van der Waals surface area contributed by atoms with Crippen LogP contribution < -0.4 is 9.47 Å². The minimum Gasteiger partial charge on any atom is -0.487 e. The quantitative estimate of drug-likeness (QED) is 0.744. The van der Waals surface area contributed by atoms with E-state index >= 15 is 0 Å². The van der Waals surface area contributed by atoms with Crippen molar-refractivity contribution < 1.29 is 32.5 Å². The third-order valence-corrected chi connectivity index (χ3v) is 6.12. The maximum absolute atomic E-state index is 13.4. The van der Waals surface area contributed by atoms with Crippen molar-refractivity contribution in [1.29, 1.82) is 0 Å². The van der Waals surface area contributed by atoms with E-state index in [0.29, 0.717) is 18.7 Å². The molecule has 1 aliphatic carbocycles. The maximum atomic E-state index is 13.4. The molecule has 1 spiro atoms. The van der Waals surface area contributed by atoms with Crippen molar-refractivity contribution in [2.24, 2.45) is 5.41 Å². The fraction of sp³-hybridized carbons (Fsp3) is 0.435. The molecule has 1 saturated carbocycles. The van der Waals surface area contributed by atoms with Crippen LogP contribution in [0, 0.1) is 5.41 Å². The van der Waals surface area contributed by atoms with Crippen molar-refractivity contribution in [3.63, 3.8) is 0 Å². The number of hydrogen-bond acceptors (Lipinski definition) is 4. The minimum absolute atomic E-state index is 0.0758. The first-order chi connectivity index (χ1) is 14.8. The Kier molecular flexibility index (Phi) is 5.83. The van der Waals surface area contributed by atoms with E-state index in [-0.39, 0.29) is 36.8 Å². The number of benzene rings is 2. The van der Waals surface area contributed by atoms with E-state index in [1.54, 1.807) is 29.2 Å². The second-order valence-corrected chi connectivity index (χ2v) is 8.14. The van der Waals surface area contributed by atoms with Crippen molar-refractivity contribution in [2.75, 3.05) is 19.7 Å². The molecule has 4 rings (SSSR count). The molecule has 0 unspecified atom stereocenters. The van der Waals surface area contributed by atoms with Gasteiger partial charge in [-0.05, 0) is 49.1 Å². The molecule has 1 N–H and O–H groups in total. The van der Waals surface area contributed by atoms with Gasteiger partial charge in [-0.15, -0.1) is 0 Å². The zero-order valence-corrected chi connectivity index (χ0v) is 16.9. The Morgan fingerprint density at radius 3 is 2.45 bits per heavy atom. The van der Waals surface area contributed by atoms with Crippen molar-refractivity contribution in [2.45, 2.75) is 38.1 Å². The highest BCUT2D eigenvalue weighted by molar-refractivity contribution is 5.78. The van der Waals surface area contributed by atoms with Gasteiger partial charge in [0.05, 0.1) is 18.7 Å². The van der Waals surface area contributed by atoms with Crippen molar-refractivity contribution >= 4 is 5.91 Å². The molecule has 1 saturated heterocycles. The lowest BCUT2D eigenvalue weighted by Crippen LogP contribution is -2.51. The molecule has 1 atom stereocenters.